The van der Waals surface area contributed by atoms with Crippen molar-refractivity contribution in [2.45, 2.75) is 19.4 Å². The molecule has 1 atom stereocenters. The zero-order valence-corrected chi connectivity index (χ0v) is 10.9. The Bertz CT molecular complexity index is 468. The SMILES string of the molecule is CCC=C(C(=O)O)C(O)c1ccc(OC)c(Cl)c1. The van der Waals surface area contributed by atoms with E-state index in [1.807, 2.05) is 0 Å². The fraction of sp³-hybridized carbons (Fsp3) is 0.308. The van der Waals surface area contributed by atoms with Crippen LogP contribution in [0, 0.1) is 0 Å². The summed E-state index contributed by atoms with van der Waals surface area (Å²) in [6.07, 6.45) is 0.805. The van der Waals surface area contributed by atoms with E-state index in [1.165, 1.54) is 19.3 Å². The third-order valence-electron chi connectivity index (χ3n) is 2.46. The second-order valence-electron chi connectivity index (χ2n) is 3.67. The first-order chi connectivity index (χ1) is 8.51. The highest BCUT2D eigenvalue weighted by Gasteiger charge is 2.20. The number of benzene rings is 1. The van der Waals surface area contributed by atoms with Gasteiger partial charge in [-0.25, -0.2) is 4.79 Å². The van der Waals surface area contributed by atoms with Crippen LogP contribution >= 0.6 is 11.6 Å². The second kappa shape index (κ2) is 6.42. The van der Waals surface area contributed by atoms with E-state index in [0.717, 1.165) is 0 Å². The highest BCUT2D eigenvalue weighted by atomic mass is 35.5. The number of rotatable bonds is 5. The molecule has 0 aliphatic heterocycles. The van der Waals surface area contributed by atoms with Gasteiger partial charge in [-0.3, -0.25) is 0 Å². The molecule has 0 saturated heterocycles. The molecule has 4 nitrogen and oxygen atoms in total. The first-order valence-corrected chi connectivity index (χ1v) is 5.83. The van der Waals surface area contributed by atoms with Crippen LogP contribution < -0.4 is 4.74 Å². The first kappa shape index (κ1) is 14.5. The molecule has 0 fully saturated rings. The average Bonchev–Trinajstić information content (AvgIpc) is 2.34. The summed E-state index contributed by atoms with van der Waals surface area (Å²) in [4.78, 5) is 11.0. The number of carboxylic acids is 1. The predicted octanol–water partition coefficient (Wildman–Crippen LogP) is 2.80. The van der Waals surface area contributed by atoms with Gasteiger partial charge in [-0.2, -0.15) is 0 Å². The average molecular weight is 271 g/mol. The predicted molar refractivity (Wildman–Crippen MR) is 69.0 cm³/mol. The van der Waals surface area contributed by atoms with Crippen molar-refractivity contribution >= 4 is 17.6 Å². The summed E-state index contributed by atoms with van der Waals surface area (Å²) in [5.74, 6) is -0.666. The molecule has 1 aromatic carbocycles. The van der Waals surface area contributed by atoms with Crippen LogP contribution in [0.15, 0.2) is 29.8 Å². The number of aliphatic hydroxyl groups is 1. The summed E-state index contributed by atoms with van der Waals surface area (Å²) in [5, 5.41) is 19.4. The van der Waals surface area contributed by atoms with Crippen LogP contribution in [0.5, 0.6) is 5.75 Å². The Kier molecular flexibility index (Phi) is 5.19. The lowest BCUT2D eigenvalue weighted by Gasteiger charge is -2.13. The molecule has 1 unspecified atom stereocenters. The standard InChI is InChI=1S/C13H15ClO4/c1-3-4-9(13(16)17)12(15)8-5-6-11(18-2)10(14)7-8/h4-7,12,15H,3H2,1-2H3,(H,16,17). The molecule has 0 radical (unpaired) electrons. The highest BCUT2D eigenvalue weighted by molar-refractivity contribution is 6.32. The molecule has 0 aliphatic rings. The lowest BCUT2D eigenvalue weighted by atomic mass is 10.0. The molecule has 18 heavy (non-hydrogen) atoms. The van der Waals surface area contributed by atoms with E-state index in [9.17, 15) is 9.90 Å². The summed E-state index contributed by atoms with van der Waals surface area (Å²) >= 11 is 5.93. The number of hydrogen-bond donors (Lipinski definition) is 2. The third-order valence-corrected chi connectivity index (χ3v) is 2.75. The minimum absolute atomic E-state index is 0.0567. The fourth-order valence-electron chi connectivity index (χ4n) is 1.57. The number of halogens is 1. The number of carboxylic acid groups (broad SMARTS) is 1. The molecule has 0 saturated carbocycles. The van der Waals surface area contributed by atoms with Gasteiger partial charge in [0.25, 0.3) is 0 Å². The maximum absolute atomic E-state index is 11.0. The van der Waals surface area contributed by atoms with Crippen molar-refractivity contribution in [3.8, 4) is 5.75 Å². The molecule has 0 amide bonds. The smallest absolute Gasteiger partial charge is 0.334 e. The monoisotopic (exact) mass is 270 g/mol. The van der Waals surface area contributed by atoms with Gasteiger partial charge in [-0.1, -0.05) is 30.7 Å². The largest absolute Gasteiger partial charge is 0.495 e. The van der Waals surface area contributed by atoms with Crippen LogP contribution in [-0.2, 0) is 4.79 Å². The van der Waals surface area contributed by atoms with E-state index in [0.29, 0.717) is 22.8 Å². The number of aliphatic hydroxyl groups excluding tert-OH is 1. The second-order valence-corrected chi connectivity index (χ2v) is 4.08. The number of aliphatic carboxylic acids is 1. The van der Waals surface area contributed by atoms with Gasteiger partial charge >= 0.3 is 5.97 Å². The lowest BCUT2D eigenvalue weighted by molar-refractivity contribution is -0.133. The van der Waals surface area contributed by atoms with Crippen LogP contribution in [0.1, 0.15) is 25.0 Å². The van der Waals surface area contributed by atoms with Crippen molar-refractivity contribution in [2.24, 2.45) is 0 Å². The highest BCUT2D eigenvalue weighted by Crippen LogP contribution is 2.30. The minimum atomic E-state index is -1.20. The molecule has 1 aromatic rings. The van der Waals surface area contributed by atoms with Crippen molar-refractivity contribution in [3.63, 3.8) is 0 Å². The fourth-order valence-corrected chi connectivity index (χ4v) is 1.83. The number of methoxy groups -OCH3 is 1. The third kappa shape index (κ3) is 3.24. The minimum Gasteiger partial charge on any atom is -0.495 e. The Labute approximate surface area is 110 Å². The maximum Gasteiger partial charge on any atom is 0.334 e. The number of ether oxygens (including phenoxy) is 1. The Morgan fingerprint density at radius 3 is 2.67 bits per heavy atom. The molecule has 5 heteroatoms. The van der Waals surface area contributed by atoms with E-state index in [2.05, 4.69) is 0 Å². The summed E-state index contributed by atoms with van der Waals surface area (Å²) in [6.45, 7) is 1.80. The van der Waals surface area contributed by atoms with Crippen molar-refractivity contribution in [1.82, 2.24) is 0 Å². The summed E-state index contributed by atoms with van der Waals surface area (Å²) in [6, 6.07) is 4.67. The van der Waals surface area contributed by atoms with Crippen molar-refractivity contribution in [1.29, 1.82) is 0 Å². The van der Waals surface area contributed by atoms with Crippen LogP contribution in [0.2, 0.25) is 5.02 Å². The molecular weight excluding hydrogens is 256 g/mol. The molecule has 2 N–H and O–H groups in total. The molecule has 0 bridgehead atoms. The van der Waals surface area contributed by atoms with E-state index in [-0.39, 0.29) is 5.57 Å². The van der Waals surface area contributed by atoms with Crippen LogP contribution in [-0.4, -0.2) is 23.3 Å². The maximum atomic E-state index is 11.0. The van der Waals surface area contributed by atoms with E-state index < -0.39 is 12.1 Å². The normalized spacial score (nSPS) is 13.2. The Morgan fingerprint density at radius 1 is 1.56 bits per heavy atom. The molecule has 0 heterocycles. The van der Waals surface area contributed by atoms with Crippen LogP contribution in [0.3, 0.4) is 0 Å². The summed E-state index contributed by atoms with van der Waals surface area (Å²) < 4.78 is 4.99. The lowest BCUT2D eigenvalue weighted by Crippen LogP contribution is -2.11. The first-order valence-electron chi connectivity index (χ1n) is 5.46. The van der Waals surface area contributed by atoms with Crippen molar-refractivity contribution in [3.05, 3.63) is 40.4 Å². The van der Waals surface area contributed by atoms with Crippen LogP contribution in [0.25, 0.3) is 0 Å². The van der Waals surface area contributed by atoms with Gasteiger partial charge in [0.1, 0.15) is 11.9 Å². The molecular formula is C13H15ClO4. The zero-order valence-electron chi connectivity index (χ0n) is 10.2. The van der Waals surface area contributed by atoms with Gasteiger partial charge < -0.3 is 14.9 Å². The van der Waals surface area contributed by atoms with E-state index in [1.54, 1.807) is 19.1 Å². The molecule has 0 spiro atoms. The number of carbonyl (C=O) groups is 1. The number of hydrogen-bond acceptors (Lipinski definition) is 3. The van der Waals surface area contributed by atoms with E-state index >= 15 is 0 Å². The zero-order chi connectivity index (χ0) is 13.7. The topological polar surface area (TPSA) is 66.8 Å². The molecule has 0 aromatic heterocycles. The molecule has 0 aliphatic carbocycles. The van der Waals surface area contributed by atoms with Crippen molar-refractivity contribution in [2.75, 3.05) is 7.11 Å². The molecule has 98 valence electrons. The number of allylic oxidation sites excluding steroid dienone is 1. The summed E-state index contributed by atoms with van der Waals surface area (Å²) in [7, 11) is 1.48. The Hall–Kier alpha value is -1.52. The van der Waals surface area contributed by atoms with Gasteiger partial charge in [-0.05, 0) is 24.1 Å². The van der Waals surface area contributed by atoms with Gasteiger partial charge in [-0.15, -0.1) is 0 Å². The van der Waals surface area contributed by atoms with Crippen LogP contribution in [0.4, 0.5) is 0 Å². The van der Waals surface area contributed by atoms with Gasteiger partial charge in [0.2, 0.25) is 0 Å². The van der Waals surface area contributed by atoms with E-state index in [4.69, 9.17) is 21.4 Å². The van der Waals surface area contributed by atoms with Gasteiger partial charge in [0, 0.05) is 0 Å². The Morgan fingerprint density at radius 2 is 2.22 bits per heavy atom. The van der Waals surface area contributed by atoms with Crippen molar-refractivity contribution < 1.29 is 19.7 Å². The van der Waals surface area contributed by atoms with Gasteiger partial charge in [0.15, 0.2) is 0 Å². The Balaban J connectivity index is 3.09. The quantitative estimate of drug-likeness (QED) is 0.808. The van der Waals surface area contributed by atoms with Gasteiger partial charge in [0.05, 0.1) is 17.7 Å². The molecule has 1 rings (SSSR count). The summed E-state index contributed by atoms with van der Waals surface area (Å²) in [5.41, 5.74) is 0.363.